The molecule has 0 amide bonds. The largest absolute Gasteiger partial charge is 0.387 e. The summed E-state index contributed by atoms with van der Waals surface area (Å²) in [6.45, 7) is 1.60. The Balaban J connectivity index is 1.81. The number of nitrogens with one attached hydrogen (secondary N) is 1. The van der Waals surface area contributed by atoms with Crippen molar-refractivity contribution in [2.24, 2.45) is 5.92 Å². The molecule has 1 atom stereocenters. The minimum absolute atomic E-state index is 0.365. The van der Waals surface area contributed by atoms with Crippen LogP contribution in [0.3, 0.4) is 0 Å². The summed E-state index contributed by atoms with van der Waals surface area (Å²) in [5.41, 5.74) is -0.365. The molecule has 12 heavy (non-hydrogen) atoms. The first-order valence-electron chi connectivity index (χ1n) is 4.87. The van der Waals surface area contributed by atoms with Gasteiger partial charge in [0.1, 0.15) is 0 Å². The molecule has 68 valence electrons. The molecule has 0 saturated carbocycles. The summed E-state index contributed by atoms with van der Waals surface area (Å²) < 4.78 is 0. The van der Waals surface area contributed by atoms with E-state index in [-0.39, 0.29) is 5.60 Å². The second-order valence-corrected chi connectivity index (χ2v) is 4.18. The number of hydrogen-bond donors (Lipinski definition) is 2. The van der Waals surface area contributed by atoms with E-state index < -0.39 is 0 Å². The maximum absolute atomic E-state index is 9.88. The molecule has 0 radical (unpaired) electrons. The summed E-state index contributed by atoms with van der Waals surface area (Å²) in [5.74, 6) is 0.724. The van der Waals surface area contributed by atoms with Gasteiger partial charge in [-0.05, 0) is 31.6 Å². The molecule has 1 aliphatic carbocycles. The fraction of sp³-hybridized carbons (Fsp3) is 0.800. The zero-order valence-corrected chi connectivity index (χ0v) is 7.42. The lowest BCUT2D eigenvalue weighted by molar-refractivity contribution is -0.0312. The monoisotopic (exact) mass is 167 g/mol. The van der Waals surface area contributed by atoms with E-state index in [0.717, 1.165) is 25.4 Å². The van der Waals surface area contributed by atoms with Crippen LogP contribution < -0.4 is 5.32 Å². The zero-order valence-electron chi connectivity index (χ0n) is 7.42. The van der Waals surface area contributed by atoms with Gasteiger partial charge in [0.05, 0.1) is 5.60 Å². The summed E-state index contributed by atoms with van der Waals surface area (Å²) in [6, 6.07) is 0. The highest BCUT2D eigenvalue weighted by molar-refractivity contribution is 4.98. The van der Waals surface area contributed by atoms with Crippen LogP contribution in [0.4, 0.5) is 0 Å². The number of aliphatic hydroxyl groups is 1. The Bertz CT molecular complexity index is 184. The predicted molar refractivity (Wildman–Crippen MR) is 48.9 cm³/mol. The maximum Gasteiger partial charge on any atom is 0.0897 e. The van der Waals surface area contributed by atoms with Crippen LogP contribution in [0.5, 0.6) is 0 Å². The maximum atomic E-state index is 9.88. The SMILES string of the molecule is OC1(CC2CC=CCC2)CNC1. The van der Waals surface area contributed by atoms with Crippen LogP contribution in [0.2, 0.25) is 0 Å². The summed E-state index contributed by atoms with van der Waals surface area (Å²) >= 11 is 0. The van der Waals surface area contributed by atoms with E-state index >= 15 is 0 Å². The second-order valence-electron chi connectivity index (χ2n) is 4.18. The molecule has 0 aromatic rings. The highest BCUT2D eigenvalue weighted by Crippen LogP contribution is 2.29. The van der Waals surface area contributed by atoms with E-state index in [4.69, 9.17) is 0 Å². The van der Waals surface area contributed by atoms with Crippen LogP contribution in [0, 0.1) is 5.92 Å². The van der Waals surface area contributed by atoms with Crippen molar-refractivity contribution in [3.05, 3.63) is 12.2 Å². The van der Waals surface area contributed by atoms with Crippen molar-refractivity contribution >= 4 is 0 Å². The molecule has 0 spiro atoms. The molecule has 0 aromatic heterocycles. The van der Waals surface area contributed by atoms with Crippen molar-refractivity contribution in [3.8, 4) is 0 Å². The van der Waals surface area contributed by atoms with Gasteiger partial charge >= 0.3 is 0 Å². The minimum Gasteiger partial charge on any atom is -0.387 e. The van der Waals surface area contributed by atoms with Gasteiger partial charge in [0, 0.05) is 13.1 Å². The normalized spacial score (nSPS) is 32.9. The van der Waals surface area contributed by atoms with Gasteiger partial charge in [0.2, 0.25) is 0 Å². The molecule has 2 rings (SSSR count). The van der Waals surface area contributed by atoms with Crippen LogP contribution >= 0.6 is 0 Å². The number of hydrogen-bond acceptors (Lipinski definition) is 2. The summed E-state index contributed by atoms with van der Waals surface area (Å²) in [4.78, 5) is 0. The highest BCUT2D eigenvalue weighted by atomic mass is 16.3. The fourth-order valence-electron chi connectivity index (χ4n) is 2.14. The van der Waals surface area contributed by atoms with Gasteiger partial charge in [-0.2, -0.15) is 0 Å². The lowest BCUT2D eigenvalue weighted by atomic mass is 9.81. The molecular weight excluding hydrogens is 150 g/mol. The Hall–Kier alpha value is -0.340. The molecule has 0 aromatic carbocycles. The van der Waals surface area contributed by atoms with Gasteiger partial charge in [-0.25, -0.2) is 0 Å². The summed E-state index contributed by atoms with van der Waals surface area (Å²) in [5, 5.41) is 13.0. The van der Waals surface area contributed by atoms with Crippen molar-refractivity contribution in [3.63, 3.8) is 0 Å². The van der Waals surface area contributed by atoms with Crippen LogP contribution in [0.15, 0.2) is 12.2 Å². The Morgan fingerprint density at radius 3 is 2.75 bits per heavy atom. The lowest BCUT2D eigenvalue weighted by Gasteiger charge is -2.40. The van der Waals surface area contributed by atoms with E-state index in [1.54, 1.807) is 0 Å². The van der Waals surface area contributed by atoms with E-state index in [2.05, 4.69) is 17.5 Å². The van der Waals surface area contributed by atoms with Gasteiger partial charge < -0.3 is 10.4 Å². The Morgan fingerprint density at radius 1 is 1.42 bits per heavy atom. The molecule has 1 unspecified atom stereocenters. The molecule has 1 aliphatic heterocycles. The van der Waals surface area contributed by atoms with Gasteiger partial charge in [-0.3, -0.25) is 0 Å². The Morgan fingerprint density at radius 2 is 2.25 bits per heavy atom. The molecular formula is C10H17NO. The zero-order chi connectivity index (χ0) is 8.44. The molecule has 1 fully saturated rings. The van der Waals surface area contributed by atoms with Crippen LogP contribution in [-0.2, 0) is 0 Å². The van der Waals surface area contributed by atoms with Crippen molar-refractivity contribution < 1.29 is 5.11 Å². The molecule has 2 N–H and O–H groups in total. The minimum atomic E-state index is -0.365. The van der Waals surface area contributed by atoms with Gasteiger partial charge in [0.15, 0.2) is 0 Å². The molecule has 2 nitrogen and oxygen atoms in total. The molecule has 2 heteroatoms. The van der Waals surface area contributed by atoms with Gasteiger partial charge in [0.25, 0.3) is 0 Å². The third kappa shape index (κ3) is 1.70. The van der Waals surface area contributed by atoms with E-state index in [0.29, 0.717) is 0 Å². The summed E-state index contributed by atoms with van der Waals surface area (Å²) in [6.07, 6.45) is 9.13. The first-order chi connectivity index (χ1) is 5.79. The van der Waals surface area contributed by atoms with Crippen molar-refractivity contribution in [2.75, 3.05) is 13.1 Å². The van der Waals surface area contributed by atoms with E-state index in [1.807, 2.05) is 0 Å². The van der Waals surface area contributed by atoms with Crippen LogP contribution in [0.25, 0.3) is 0 Å². The third-order valence-electron chi connectivity index (χ3n) is 2.95. The Kier molecular flexibility index (Phi) is 2.20. The smallest absolute Gasteiger partial charge is 0.0897 e. The first-order valence-corrected chi connectivity index (χ1v) is 4.87. The first kappa shape index (κ1) is 8.27. The van der Waals surface area contributed by atoms with E-state index in [1.165, 1.54) is 19.3 Å². The number of β-amino-alcohol motifs (C(OH)–C–C–N with tert-alkyl or cyclic N) is 1. The highest BCUT2D eigenvalue weighted by Gasteiger charge is 2.36. The fourth-order valence-corrected chi connectivity index (χ4v) is 2.14. The molecule has 0 bridgehead atoms. The molecule has 2 aliphatic rings. The standard InChI is InChI=1S/C10H17NO/c12-10(7-11-8-10)6-9-4-2-1-3-5-9/h1-2,9,11-12H,3-8H2. The second kappa shape index (κ2) is 3.19. The third-order valence-corrected chi connectivity index (χ3v) is 2.95. The number of rotatable bonds is 2. The topological polar surface area (TPSA) is 32.3 Å². The van der Waals surface area contributed by atoms with Crippen molar-refractivity contribution in [2.45, 2.75) is 31.3 Å². The Labute approximate surface area is 73.7 Å². The van der Waals surface area contributed by atoms with Crippen LogP contribution in [-0.4, -0.2) is 23.8 Å². The summed E-state index contributed by atoms with van der Waals surface area (Å²) in [7, 11) is 0. The lowest BCUT2D eigenvalue weighted by Crippen LogP contribution is -2.60. The average Bonchev–Trinajstić information content (AvgIpc) is 2.04. The van der Waals surface area contributed by atoms with Gasteiger partial charge in [-0.1, -0.05) is 12.2 Å². The van der Waals surface area contributed by atoms with Crippen LogP contribution in [0.1, 0.15) is 25.7 Å². The average molecular weight is 167 g/mol. The van der Waals surface area contributed by atoms with Gasteiger partial charge in [-0.15, -0.1) is 0 Å². The van der Waals surface area contributed by atoms with E-state index in [9.17, 15) is 5.11 Å². The quantitative estimate of drug-likeness (QED) is 0.603. The number of allylic oxidation sites excluding steroid dienone is 2. The van der Waals surface area contributed by atoms with Crippen molar-refractivity contribution in [1.82, 2.24) is 5.32 Å². The molecule has 1 heterocycles. The predicted octanol–water partition coefficient (Wildman–Crippen LogP) is 1.07. The van der Waals surface area contributed by atoms with Crippen molar-refractivity contribution in [1.29, 1.82) is 0 Å². The molecule has 1 saturated heterocycles.